The fraction of sp³-hybridized carbons (Fsp3) is 0.304. The molecule has 1 saturated heterocycles. The van der Waals surface area contributed by atoms with Crippen molar-refractivity contribution in [1.82, 2.24) is 20.5 Å². The van der Waals surface area contributed by atoms with Gasteiger partial charge in [-0.2, -0.15) is 0 Å². The number of carbonyl (C=O) groups excluding carboxylic acids is 3. The SMILES string of the molecule is C=CC(=O)N1CCCC(NC(=O)[C@@H]2Sc3nccc4c3C2NC(=O)N4c2cccc(Cl)c2)C1. The molecule has 0 saturated carbocycles. The van der Waals surface area contributed by atoms with Crippen LogP contribution in [0.4, 0.5) is 16.2 Å². The zero-order valence-electron chi connectivity index (χ0n) is 17.7. The maximum atomic E-state index is 13.3. The summed E-state index contributed by atoms with van der Waals surface area (Å²) in [7, 11) is 0. The minimum atomic E-state index is -0.551. The molecule has 3 aliphatic rings. The molecule has 0 aliphatic carbocycles. The summed E-state index contributed by atoms with van der Waals surface area (Å²) in [5.41, 5.74) is 2.16. The van der Waals surface area contributed by atoms with Crippen LogP contribution in [-0.4, -0.2) is 52.1 Å². The normalized spacial score (nSPS) is 23.5. The minimum Gasteiger partial charge on any atom is -0.351 e. The number of aromatic nitrogens is 1. The van der Waals surface area contributed by atoms with Gasteiger partial charge in [-0.1, -0.05) is 36.0 Å². The van der Waals surface area contributed by atoms with Crippen molar-refractivity contribution in [3.8, 4) is 0 Å². The zero-order valence-corrected chi connectivity index (χ0v) is 19.2. The monoisotopic (exact) mass is 483 g/mol. The second-order valence-corrected chi connectivity index (χ2v) is 9.73. The third-order valence-electron chi connectivity index (χ3n) is 6.08. The molecule has 1 aromatic heterocycles. The van der Waals surface area contributed by atoms with Crippen LogP contribution in [0.1, 0.15) is 24.4 Å². The van der Waals surface area contributed by atoms with E-state index in [2.05, 4.69) is 22.2 Å². The molecule has 1 fully saturated rings. The Hall–Kier alpha value is -3.04. The Morgan fingerprint density at radius 3 is 2.97 bits per heavy atom. The Morgan fingerprint density at radius 1 is 1.33 bits per heavy atom. The highest BCUT2D eigenvalue weighted by atomic mass is 35.5. The third-order valence-corrected chi connectivity index (χ3v) is 7.61. The smallest absolute Gasteiger partial charge is 0.327 e. The quantitative estimate of drug-likeness (QED) is 0.650. The lowest BCUT2D eigenvalue weighted by Crippen LogP contribution is -2.53. The molecule has 5 rings (SSSR count). The predicted octanol–water partition coefficient (Wildman–Crippen LogP) is 3.40. The van der Waals surface area contributed by atoms with E-state index >= 15 is 0 Å². The fourth-order valence-electron chi connectivity index (χ4n) is 4.60. The summed E-state index contributed by atoms with van der Waals surface area (Å²) >= 11 is 7.50. The van der Waals surface area contributed by atoms with Crippen molar-refractivity contribution in [2.75, 3.05) is 18.0 Å². The molecule has 10 heteroatoms. The van der Waals surface area contributed by atoms with E-state index in [0.717, 1.165) is 23.4 Å². The average Bonchev–Trinajstić information content (AvgIpc) is 3.18. The first kappa shape index (κ1) is 21.8. The van der Waals surface area contributed by atoms with Gasteiger partial charge in [-0.05, 0) is 43.2 Å². The highest BCUT2D eigenvalue weighted by Crippen LogP contribution is 2.50. The van der Waals surface area contributed by atoms with Crippen LogP contribution in [0.2, 0.25) is 5.02 Å². The summed E-state index contributed by atoms with van der Waals surface area (Å²) < 4.78 is 0. The van der Waals surface area contributed by atoms with Gasteiger partial charge in [0.2, 0.25) is 11.8 Å². The summed E-state index contributed by atoms with van der Waals surface area (Å²) in [5.74, 6) is -0.311. The number of piperidine rings is 1. The molecule has 1 aromatic carbocycles. The van der Waals surface area contributed by atoms with E-state index in [1.54, 1.807) is 40.3 Å². The maximum absolute atomic E-state index is 13.3. The highest BCUT2D eigenvalue weighted by molar-refractivity contribution is 8.01. The summed E-state index contributed by atoms with van der Waals surface area (Å²) in [5, 5.41) is 6.76. The predicted molar refractivity (Wildman–Crippen MR) is 127 cm³/mol. The van der Waals surface area contributed by atoms with Crippen LogP contribution in [0.5, 0.6) is 0 Å². The molecule has 2 aromatic rings. The highest BCUT2D eigenvalue weighted by Gasteiger charge is 2.47. The lowest BCUT2D eigenvalue weighted by Gasteiger charge is -2.35. The zero-order chi connectivity index (χ0) is 23.1. The van der Waals surface area contributed by atoms with Crippen LogP contribution in [0, 0.1) is 0 Å². The van der Waals surface area contributed by atoms with E-state index < -0.39 is 11.3 Å². The second kappa shape index (κ2) is 8.72. The number of benzene rings is 1. The van der Waals surface area contributed by atoms with Gasteiger partial charge in [0.25, 0.3) is 0 Å². The number of pyridine rings is 1. The number of anilines is 2. The van der Waals surface area contributed by atoms with E-state index in [9.17, 15) is 14.4 Å². The summed E-state index contributed by atoms with van der Waals surface area (Å²) in [4.78, 5) is 46.1. The van der Waals surface area contributed by atoms with Crippen molar-refractivity contribution < 1.29 is 14.4 Å². The van der Waals surface area contributed by atoms with Crippen molar-refractivity contribution >= 4 is 52.6 Å². The number of nitrogens with one attached hydrogen (secondary N) is 2. The number of thioether (sulfide) groups is 1. The lowest BCUT2D eigenvalue weighted by atomic mass is 9.99. The van der Waals surface area contributed by atoms with Gasteiger partial charge in [0, 0.05) is 35.9 Å². The summed E-state index contributed by atoms with van der Waals surface area (Å²) in [6.07, 6.45) is 4.54. The minimum absolute atomic E-state index is 0.133. The van der Waals surface area contributed by atoms with E-state index in [1.165, 1.54) is 17.8 Å². The number of carbonyl (C=O) groups is 3. The molecule has 0 spiro atoms. The standard InChI is InChI=1S/C23H22ClN5O3S/c1-2-17(30)28-10-4-6-14(12-28)26-21(31)20-19-18-16(8-9-25-22(18)33-20)29(23(32)27-19)15-7-3-5-13(24)11-15/h2-3,5,7-9,11,14,19-20H,1,4,6,10,12H2,(H,26,31)(H,27,32)/t14?,19?,20-/m1/s1. The molecule has 4 heterocycles. The fourth-order valence-corrected chi connectivity index (χ4v) is 6.02. The molecule has 0 radical (unpaired) electrons. The number of nitrogens with zero attached hydrogens (tertiary/aromatic N) is 3. The molecule has 8 nitrogen and oxygen atoms in total. The van der Waals surface area contributed by atoms with E-state index in [-0.39, 0.29) is 23.9 Å². The van der Waals surface area contributed by atoms with Crippen molar-refractivity contribution in [3.05, 3.63) is 59.8 Å². The molecular formula is C23H22ClN5O3S. The van der Waals surface area contributed by atoms with Crippen LogP contribution >= 0.6 is 23.4 Å². The Labute approximate surface area is 200 Å². The molecule has 33 heavy (non-hydrogen) atoms. The Morgan fingerprint density at radius 2 is 2.18 bits per heavy atom. The second-order valence-electron chi connectivity index (χ2n) is 8.17. The Kier molecular flexibility index (Phi) is 5.76. The van der Waals surface area contributed by atoms with Gasteiger partial charge in [-0.15, -0.1) is 0 Å². The maximum Gasteiger partial charge on any atom is 0.327 e. The van der Waals surface area contributed by atoms with Gasteiger partial charge in [-0.3, -0.25) is 14.5 Å². The van der Waals surface area contributed by atoms with Gasteiger partial charge in [0.1, 0.15) is 10.3 Å². The number of hydrogen-bond donors (Lipinski definition) is 2. The van der Waals surface area contributed by atoms with Crippen LogP contribution in [-0.2, 0) is 9.59 Å². The first-order valence-corrected chi connectivity index (χ1v) is 12.0. The first-order valence-electron chi connectivity index (χ1n) is 10.7. The van der Waals surface area contributed by atoms with Gasteiger partial charge >= 0.3 is 6.03 Å². The van der Waals surface area contributed by atoms with Gasteiger partial charge in [0.15, 0.2) is 0 Å². The number of hydrogen-bond acceptors (Lipinski definition) is 5. The van der Waals surface area contributed by atoms with Crippen LogP contribution in [0.3, 0.4) is 0 Å². The van der Waals surface area contributed by atoms with E-state index in [4.69, 9.17) is 11.6 Å². The molecule has 2 N–H and O–H groups in total. The van der Waals surface area contributed by atoms with E-state index in [1.807, 2.05) is 6.07 Å². The number of amides is 4. The number of likely N-dealkylation sites (tertiary alicyclic amines) is 1. The van der Waals surface area contributed by atoms with Crippen LogP contribution < -0.4 is 15.5 Å². The topological polar surface area (TPSA) is 94.6 Å². The van der Waals surface area contributed by atoms with Gasteiger partial charge in [0.05, 0.1) is 17.4 Å². The third kappa shape index (κ3) is 3.95. The number of urea groups is 1. The molecule has 4 amide bonds. The van der Waals surface area contributed by atoms with Crippen molar-refractivity contribution in [1.29, 1.82) is 0 Å². The van der Waals surface area contributed by atoms with Gasteiger partial charge in [-0.25, -0.2) is 9.78 Å². The van der Waals surface area contributed by atoms with Crippen molar-refractivity contribution in [3.63, 3.8) is 0 Å². The molecule has 3 atom stereocenters. The van der Waals surface area contributed by atoms with Gasteiger partial charge < -0.3 is 15.5 Å². The summed E-state index contributed by atoms with van der Waals surface area (Å²) in [6, 6.07) is 7.88. The average molecular weight is 484 g/mol. The molecule has 2 unspecified atom stereocenters. The van der Waals surface area contributed by atoms with Crippen molar-refractivity contribution in [2.24, 2.45) is 0 Å². The molecular weight excluding hydrogens is 462 g/mol. The van der Waals surface area contributed by atoms with E-state index in [0.29, 0.717) is 29.5 Å². The van der Waals surface area contributed by atoms with Crippen LogP contribution in [0.15, 0.2) is 54.2 Å². The molecule has 170 valence electrons. The van der Waals surface area contributed by atoms with Crippen LogP contribution in [0.25, 0.3) is 0 Å². The van der Waals surface area contributed by atoms with Crippen molar-refractivity contribution in [2.45, 2.75) is 35.2 Å². The summed E-state index contributed by atoms with van der Waals surface area (Å²) in [6.45, 7) is 4.65. The first-order chi connectivity index (χ1) is 16.0. The largest absolute Gasteiger partial charge is 0.351 e. The Bertz CT molecular complexity index is 1160. The molecule has 0 bridgehead atoms. The number of halogens is 1. The molecule has 3 aliphatic heterocycles. The Balaban J connectivity index is 1.38. The lowest BCUT2D eigenvalue weighted by molar-refractivity contribution is -0.129. The number of rotatable bonds is 4.